The highest BCUT2D eigenvalue weighted by Gasteiger charge is 1.97. The minimum Gasteiger partial charge on any atom is -0.395 e. The molecule has 3 heteroatoms. The maximum absolute atomic E-state index is 8.71. The predicted octanol–water partition coefficient (Wildman–Crippen LogP) is 4.37. The van der Waals surface area contributed by atoms with Crippen LogP contribution in [0.25, 0.3) is 0 Å². The molecule has 0 saturated carbocycles. The average Bonchev–Trinajstić information content (AvgIpc) is 2.47. The molecule has 0 radical (unpaired) electrons. The summed E-state index contributed by atoms with van der Waals surface area (Å²) in [5.41, 5.74) is 2.23. The molecule has 1 N–H and O–H groups in total. The van der Waals surface area contributed by atoms with Gasteiger partial charge in [0.05, 0.1) is 6.61 Å². The molecule has 0 aliphatic heterocycles. The molecule has 0 unspecified atom stereocenters. The number of halogens is 1. The molecule has 0 amide bonds. The van der Waals surface area contributed by atoms with Crippen molar-refractivity contribution in [1.82, 2.24) is 0 Å². The Morgan fingerprint density at radius 1 is 1.10 bits per heavy atom. The first-order valence-corrected chi connectivity index (χ1v) is 7.71. The van der Waals surface area contributed by atoms with Crippen molar-refractivity contribution in [3.05, 3.63) is 64.7 Å². The Hall–Kier alpha value is -1.40. The van der Waals surface area contributed by atoms with E-state index in [1.807, 2.05) is 36.4 Å². The highest BCUT2D eigenvalue weighted by atomic mass is 35.5. The van der Waals surface area contributed by atoms with Gasteiger partial charge in [-0.2, -0.15) is 0 Å². The average molecular weight is 303 g/mol. The van der Waals surface area contributed by atoms with Gasteiger partial charge in [0.25, 0.3) is 0 Å². The SMILES string of the molecule is OCCC#Cc1cccc(CSc2ccc(Cl)cc2)c1. The van der Waals surface area contributed by atoms with Crippen molar-refractivity contribution in [3.63, 3.8) is 0 Å². The Labute approximate surface area is 129 Å². The van der Waals surface area contributed by atoms with Gasteiger partial charge in [-0.1, -0.05) is 35.6 Å². The summed E-state index contributed by atoms with van der Waals surface area (Å²) in [4.78, 5) is 1.20. The van der Waals surface area contributed by atoms with Crippen LogP contribution < -0.4 is 0 Å². The van der Waals surface area contributed by atoms with Crippen molar-refractivity contribution < 1.29 is 5.11 Å². The van der Waals surface area contributed by atoms with E-state index in [0.29, 0.717) is 6.42 Å². The molecule has 0 aliphatic carbocycles. The van der Waals surface area contributed by atoms with Crippen LogP contribution in [-0.4, -0.2) is 11.7 Å². The zero-order valence-corrected chi connectivity index (χ0v) is 12.5. The van der Waals surface area contributed by atoms with Crippen molar-refractivity contribution >= 4 is 23.4 Å². The molecule has 2 aromatic rings. The third kappa shape index (κ3) is 4.94. The van der Waals surface area contributed by atoms with Gasteiger partial charge >= 0.3 is 0 Å². The second kappa shape index (κ2) is 8.01. The standard InChI is InChI=1S/C17H15ClOS/c18-16-7-9-17(10-8-16)20-13-15-6-3-5-14(12-15)4-1-2-11-19/h3,5-10,12,19H,2,11,13H2. The lowest BCUT2D eigenvalue weighted by Gasteiger charge is -2.03. The monoisotopic (exact) mass is 302 g/mol. The van der Waals surface area contributed by atoms with Crippen LogP contribution in [0.1, 0.15) is 17.5 Å². The van der Waals surface area contributed by atoms with E-state index in [-0.39, 0.29) is 6.61 Å². The number of aliphatic hydroxyl groups excluding tert-OH is 1. The highest BCUT2D eigenvalue weighted by molar-refractivity contribution is 7.98. The lowest BCUT2D eigenvalue weighted by molar-refractivity contribution is 0.305. The maximum atomic E-state index is 8.71. The van der Waals surface area contributed by atoms with E-state index in [1.54, 1.807) is 11.8 Å². The Morgan fingerprint density at radius 2 is 1.90 bits per heavy atom. The van der Waals surface area contributed by atoms with E-state index in [2.05, 4.69) is 24.0 Å². The van der Waals surface area contributed by atoms with E-state index in [0.717, 1.165) is 16.3 Å². The van der Waals surface area contributed by atoms with E-state index < -0.39 is 0 Å². The van der Waals surface area contributed by atoms with Gasteiger partial charge in [-0.25, -0.2) is 0 Å². The van der Waals surface area contributed by atoms with Crippen LogP contribution in [0.5, 0.6) is 0 Å². The minimum atomic E-state index is 0.110. The Kier molecular flexibility index (Phi) is 6.01. The molecule has 0 aromatic heterocycles. The van der Waals surface area contributed by atoms with Gasteiger partial charge in [0.15, 0.2) is 0 Å². The number of thioether (sulfide) groups is 1. The zero-order valence-electron chi connectivity index (χ0n) is 11.0. The molecular formula is C17H15ClOS. The van der Waals surface area contributed by atoms with Gasteiger partial charge in [-0.05, 0) is 42.0 Å². The molecule has 2 aromatic carbocycles. The van der Waals surface area contributed by atoms with Crippen molar-refractivity contribution in [2.45, 2.75) is 17.1 Å². The van der Waals surface area contributed by atoms with Crippen LogP contribution in [-0.2, 0) is 5.75 Å². The van der Waals surface area contributed by atoms with Crippen LogP contribution in [0.4, 0.5) is 0 Å². The van der Waals surface area contributed by atoms with Gasteiger partial charge in [0, 0.05) is 27.7 Å². The summed E-state index contributed by atoms with van der Waals surface area (Å²) >= 11 is 7.64. The normalized spacial score (nSPS) is 9.90. The lowest BCUT2D eigenvalue weighted by atomic mass is 10.1. The van der Waals surface area contributed by atoms with Crippen molar-refractivity contribution in [2.75, 3.05) is 6.61 Å². The molecule has 20 heavy (non-hydrogen) atoms. The summed E-state index contributed by atoms with van der Waals surface area (Å²) in [5, 5.41) is 9.47. The van der Waals surface area contributed by atoms with Crippen molar-refractivity contribution in [1.29, 1.82) is 0 Å². The first-order chi connectivity index (χ1) is 9.78. The summed E-state index contributed by atoms with van der Waals surface area (Å²) in [6.45, 7) is 0.110. The first-order valence-electron chi connectivity index (χ1n) is 6.35. The molecule has 102 valence electrons. The quantitative estimate of drug-likeness (QED) is 0.668. The van der Waals surface area contributed by atoms with Crippen molar-refractivity contribution in [2.24, 2.45) is 0 Å². The molecule has 0 atom stereocenters. The predicted molar refractivity (Wildman–Crippen MR) is 86.0 cm³/mol. The number of hydrogen-bond donors (Lipinski definition) is 1. The molecule has 0 fully saturated rings. The smallest absolute Gasteiger partial charge is 0.0540 e. The third-order valence-corrected chi connectivity index (χ3v) is 3.95. The number of benzene rings is 2. The van der Waals surface area contributed by atoms with Crippen LogP contribution in [0, 0.1) is 11.8 Å². The molecule has 1 nitrogen and oxygen atoms in total. The first kappa shape index (κ1) is 15.0. The number of aliphatic hydroxyl groups is 1. The van der Waals surface area contributed by atoms with Crippen molar-refractivity contribution in [3.8, 4) is 11.8 Å². The van der Waals surface area contributed by atoms with E-state index in [1.165, 1.54) is 10.5 Å². The topological polar surface area (TPSA) is 20.2 Å². The molecule has 0 heterocycles. The van der Waals surface area contributed by atoms with Crippen LogP contribution >= 0.6 is 23.4 Å². The number of rotatable bonds is 4. The second-order valence-electron chi connectivity index (χ2n) is 4.22. The molecular weight excluding hydrogens is 288 g/mol. The molecule has 0 spiro atoms. The fourth-order valence-electron chi connectivity index (χ4n) is 1.66. The summed E-state index contributed by atoms with van der Waals surface area (Å²) in [7, 11) is 0. The summed E-state index contributed by atoms with van der Waals surface area (Å²) < 4.78 is 0. The lowest BCUT2D eigenvalue weighted by Crippen LogP contribution is -1.83. The Bertz CT molecular complexity index is 611. The molecule has 0 bridgehead atoms. The van der Waals surface area contributed by atoms with Gasteiger partial charge in [-0.15, -0.1) is 11.8 Å². The minimum absolute atomic E-state index is 0.110. The van der Waals surface area contributed by atoms with Gasteiger partial charge in [0.2, 0.25) is 0 Å². The van der Waals surface area contributed by atoms with Gasteiger partial charge in [0.1, 0.15) is 0 Å². The summed E-state index contributed by atoms with van der Waals surface area (Å²) in [5.74, 6) is 6.89. The van der Waals surface area contributed by atoms with E-state index in [9.17, 15) is 0 Å². The van der Waals surface area contributed by atoms with Gasteiger partial charge < -0.3 is 5.11 Å². The molecule has 0 saturated heterocycles. The summed E-state index contributed by atoms with van der Waals surface area (Å²) in [6.07, 6.45) is 0.518. The highest BCUT2D eigenvalue weighted by Crippen LogP contribution is 2.24. The fourth-order valence-corrected chi connectivity index (χ4v) is 2.62. The molecule has 0 aliphatic rings. The third-order valence-electron chi connectivity index (χ3n) is 2.62. The van der Waals surface area contributed by atoms with E-state index in [4.69, 9.17) is 16.7 Å². The van der Waals surface area contributed by atoms with Crippen LogP contribution in [0.2, 0.25) is 5.02 Å². The largest absolute Gasteiger partial charge is 0.395 e. The molecule has 2 rings (SSSR count). The van der Waals surface area contributed by atoms with Crippen LogP contribution in [0.3, 0.4) is 0 Å². The fraction of sp³-hybridized carbons (Fsp3) is 0.176. The maximum Gasteiger partial charge on any atom is 0.0540 e. The summed E-state index contributed by atoms with van der Waals surface area (Å²) in [6, 6.07) is 16.0. The Morgan fingerprint density at radius 3 is 2.65 bits per heavy atom. The Balaban J connectivity index is 1.98. The van der Waals surface area contributed by atoms with Crippen LogP contribution in [0.15, 0.2) is 53.4 Å². The second-order valence-corrected chi connectivity index (χ2v) is 5.70. The number of hydrogen-bond acceptors (Lipinski definition) is 2. The van der Waals surface area contributed by atoms with Gasteiger partial charge in [-0.3, -0.25) is 0 Å². The van der Waals surface area contributed by atoms with E-state index >= 15 is 0 Å². The zero-order chi connectivity index (χ0) is 14.2.